The van der Waals surface area contributed by atoms with Gasteiger partial charge in [-0.3, -0.25) is 0 Å². The molecule has 0 aromatic heterocycles. The largest absolute Gasteiger partial charge is 0.388 e. The fourth-order valence-electron chi connectivity index (χ4n) is 3.80. The summed E-state index contributed by atoms with van der Waals surface area (Å²) in [6.45, 7) is 34.1. The van der Waals surface area contributed by atoms with Crippen LogP contribution >= 0.6 is 11.8 Å². The van der Waals surface area contributed by atoms with Crippen molar-refractivity contribution in [2.45, 2.75) is 131 Å². The van der Waals surface area contributed by atoms with Crippen LogP contribution in [0.5, 0.6) is 0 Å². The lowest BCUT2D eigenvalue weighted by Gasteiger charge is -2.61. The Labute approximate surface area is 175 Å². The molecule has 0 fully saturated rings. The van der Waals surface area contributed by atoms with Gasteiger partial charge in [0.25, 0.3) is 0 Å². The second kappa shape index (κ2) is 6.91. The summed E-state index contributed by atoms with van der Waals surface area (Å²) in [5.41, 5.74) is -2.66. The summed E-state index contributed by atoms with van der Waals surface area (Å²) >= 11 is 1.70. The minimum absolute atomic E-state index is 0.0638. The first-order valence-electron chi connectivity index (χ1n) is 10.4. The van der Waals surface area contributed by atoms with Crippen molar-refractivity contribution in [2.75, 3.05) is 0 Å². The van der Waals surface area contributed by atoms with Crippen molar-refractivity contribution >= 4 is 11.8 Å². The molecule has 0 amide bonds. The molecule has 0 saturated heterocycles. The van der Waals surface area contributed by atoms with Crippen molar-refractivity contribution in [1.29, 1.82) is 0 Å². The monoisotopic (exact) mass is 402 g/mol. The van der Waals surface area contributed by atoms with Crippen molar-refractivity contribution in [2.24, 2.45) is 21.7 Å². The lowest BCUT2D eigenvalue weighted by Crippen LogP contribution is -2.65. The number of thioether (sulfide) groups is 1. The minimum Gasteiger partial charge on any atom is -0.388 e. The highest BCUT2D eigenvalue weighted by atomic mass is 32.2. The Morgan fingerprint density at radius 2 is 0.593 bits per heavy atom. The first-order chi connectivity index (χ1) is 11.2. The molecule has 2 N–H and O–H groups in total. The van der Waals surface area contributed by atoms with Crippen LogP contribution in [0.3, 0.4) is 0 Å². The summed E-state index contributed by atoms with van der Waals surface area (Å²) in [4.78, 5) is 0. The van der Waals surface area contributed by atoms with E-state index in [1.165, 1.54) is 0 Å². The van der Waals surface area contributed by atoms with Crippen LogP contribution in [0.4, 0.5) is 0 Å². The Morgan fingerprint density at radius 1 is 0.407 bits per heavy atom. The van der Waals surface area contributed by atoms with Crippen LogP contribution in [0, 0.1) is 21.7 Å². The maximum absolute atomic E-state index is 11.8. The molecule has 0 saturated carbocycles. The maximum atomic E-state index is 11.8. The number of rotatable bonds is 6. The SMILES string of the molecule is CC(C)(C)C(C)(C)C(C)(O)C(C)(C)SC(C)(C)C(C)(O)C(C)(C)C(C)(C)C. The zero-order valence-corrected chi connectivity index (χ0v) is 22.1. The molecule has 0 aromatic carbocycles. The van der Waals surface area contributed by atoms with E-state index in [4.69, 9.17) is 0 Å². The molecule has 0 rings (SSSR count). The van der Waals surface area contributed by atoms with Gasteiger partial charge in [0.05, 0.1) is 11.2 Å². The quantitative estimate of drug-likeness (QED) is 0.506. The lowest BCUT2D eigenvalue weighted by molar-refractivity contribution is -0.133. The van der Waals surface area contributed by atoms with Crippen LogP contribution in [0.15, 0.2) is 0 Å². The van der Waals surface area contributed by atoms with Crippen molar-refractivity contribution in [3.63, 3.8) is 0 Å². The van der Waals surface area contributed by atoms with Gasteiger partial charge in [0.1, 0.15) is 0 Å². The predicted molar refractivity (Wildman–Crippen MR) is 123 cm³/mol. The third-order valence-electron chi connectivity index (χ3n) is 9.04. The Hall–Kier alpha value is 0.270. The third-order valence-corrected chi connectivity index (χ3v) is 10.9. The first kappa shape index (κ1) is 27.3. The van der Waals surface area contributed by atoms with Crippen molar-refractivity contribution in [3.05, 3.63) is 0 Å². The van der Waals surface area contributed by atoms with Gasteiger partial charge in [-0.25, -0.2) is 0 Å². The molecule has 0 radical (unpaired) electrons. The number of hydrogen-bond donors (Lipinski definition) is 2. The summed E-state index contributed by atoms with van der Waals surface area (Å²) in [6.07, 6.45) is 0. The zero-order valence-electron chi connectivity index (χ0n) is 21.3. The third kappa shape index (κ3) is 4.26. The molecule has 0 aliphatic carbocycles. The Kier molecular flexibility index (Phi) is 6.98. The van der Waals surface area contributed by atoms with E-state index < -0.39 is 20.7 Å². The molecular formula is C24H50O2S. The molecule has 3 heteroatoms. The molecule has 2 unspecified atom stereocenters. The predicted octanol–water partition coefficient (Wildman–Crippen LogP) is 6.92. The average Bonchev–Trinajstić information content (AvgIpc) is 2.33. The van der Waals surface area contributed by atoms with Crippen LogP contribution in [-0.4, -0.2) is 30.9 Å². The number of hydrogen-bond acceptors (Lipinski definition) is 3. The van der Waals surface area contributed by atoms with E-state index in [0.29, 0.717) is 0 Å². The molecule has 0 aliphatic rings. The van der Waals surface area contributed by atoms with Gasteiger partial charge in [-0.15, -0.1) is 11.8 Å². The Balaban J connectivity index is 6.19. The molecular weight excluding hydrogens is 352 g/mol. The van der Waals surface area contributed by atoms with Crippen molar-refractivity contribution in [3.8, 4) is 0 Å². The van der Waals surface area contributed by atoms with Crippen LogP contribution in [-0.2, 0) is 0 Å². The van der Waals surface area contributed by atoms with E-state index in [9.17, 15) is 10.2 Å². The van der Waals surface area contributed by atoms with Gasteiger partial charge >= 0.3 is 0 Å². The van der Waals surface area contributed by atoms with Crippen molar-refractivity contribution in [1.82, 2.24) is 0 Å². The van der Waals surface area contributed by atoms with Crippen LogP contribution in [0.25, 0.3) is 0 Å². The molecule has 2 atom stereocenters. The fraction of sp³-hybridized carbons (Fsp3) is 1.00. The Morgan fingerprint density at radius 3 is 0.741 bits per heavy atom. The molecule has 164 valence electrons. The van der Waals surface area contributed by atoms with Crippen LogP contribution < -0.4 is 0 Å². The topological polar surface area (TPSA) is 40.5 Å². The van der Waals surface area contributed by atoms with E-state index in [1.807, 2.05) is 13.8 Å². The summed E-state index contributed by atoms with van der Waals surface area (Å²) in [6, 6.07) is 0. The van der Waals surface area contributed by atoms with Gasteiger partial charge in [-0.2, -0.15) is 0 Å². The zero-order chi connectivity index (χ0) is 22.7. The summed E-state index contributed by atoms with van der Waals surface area (Å²) < 4.78 is -0.934. The molecule has 0 spiro atoms. The number of aliphatic hydroxyl groups is 2. The highest BCUT2D eigenvalue weighted by Gasteiger charge is 2.61. The van der Waals surface area contributed by atoms with E-state index in [2.05, 4.69) is 96.9 Å². The summed E-state index contributed by atoms with van der Waals surface area (Å²) in [5, 5.41) is 23.6. The van der Waals surface area contributed by atoms with Gasteiger partial charge < -0.3 is 10.2 Å². The van der Waals surface area contributed by atoms with Crippen LogP contribution in [0.2, 0.25) is 0 Å². The molecule has 0 aliphatic heterocycles. The van der Waals surface area contributed by atoms with E-state index in [0.717, 1.165) is 0 Å². The summed E-state index contributed by atoms with van der Waals surface area (Å²) in [5.74, 6) is 0. The lowest BCUT2D eigenvalue weighted by atomic mass is 9.57. The normalized spacial score (nSPS) is 20.2. The summed E-state index contributed by atoms with van der Waals surface area (Å²) in [7, 11) is 0. The van der Waals surface area contributed by atoms with E-state index >= 15 is 0 Å². The highest BCUT2D eigenvalue weighted by Crippen LogP contribution is 2.60. The molecule has 27 heavy (non-hydrogen) atoms. The molecule has 2 nitrogen and oxygen atoms in total. The van der Waals surface area contributed by atoms with Crippen LogP contribution in [0.1, 0.15) is 111 Å². The fourth-order valence-corrected chi connectivity index (χ4v) is 5.99. The smallest absolute Gasteiger partial charge is 0.0816 e. The van der Waals surface area contributed by atoms with Gasteiger partial charge in [-0.05, 0) is 63.2 Å². The molecule has 0 heterocycles. The Bertz CT molecular complexity index is 476. The molecule has 0 bridgehead atoms. The minimum atomic E-state index is -0.942. The van der Waals surface area contributed by atoms with Crippen molar-refractivity contribution < 1.29 is 10.2 Å². The van der Waals surface area contributed by atoms with Gasteiger partial charge in [-0.1, -0.05) is 69.2 Å². The first-order valence-corrected chi connectivity index (χ1v) is 11.2. The van der Waals surface area contributed by atoms with Gasteiger partial charge in [0.15, 0.2) is 0 Å². The highest BCUT2D eigenvalue weighted by molar-refractivity contribution is 8.02. The van der Waals surface area contributed by atoms with Gasteiger partial charge in [0.2, 0.25) is 0 Å². The molecule has 0 aromatic rings. The standard InChI is InChI=1S/C24H50O2S/c1-17(2,3)19(7,8)23(15,25)21(11,12)27-22(13,14)24(16,26)20(9,10)18(4,5)6/h25-26H,1-16H3. The maximum Gasteiger partial charge on any atom is 0.0816 e. The van der Waals surface area contributed by atoms with E-state index in [1.54, 1.807) is 11.8 Å². The second-order valence-electron chi connectivity index (χ2n) is 13.0. The second-order valence-corrected chi connectivity index (χ2v) is 15.3. The van der Waals surface area contributed by atoms with Gasteiger partial charge in [0, 0.05) is 9.49 Å². The average molecular weight is 403 g/mol. The van der Waals surface area contributed by atoms with E-state index in [-0.39, 0.29) is 21.7 Å².